The van der Waals surface area contributed by atoms with Gasteiger partial charge in [0.25, 0.3) is 0 Å². The first-order valence-electron chi connectivity index (χ1n) is 4.04. The molecule has 1 unspecified atom stereocenters. The molecule has 0 amide bonds. The molecule has 0 fully saturated rings. The van der Waals surface area contributed by atoms with Crippen molar-refractivity contribution in [3.8, 4) is 11.5 Å². The molecule has 1 N–H and O–H groups in total. The summed E-state index contributed by atoms with van der Waals surface area (Å²) in [5.74, 6) is 0.461. The summed E-state index contributed by atoms with van der Waals surface area (Å²) in [7, 11) is 0.419. The molecule has 1 atom stereocenters. The van der Waals surface area contributed by atoms with E-state index in [-0.39, 0.29) is 5.75 Å². The number of para-hydroxylation sites is 2. The Morgan fingerprint density at radius 3 is 2.81 bits per heavy atom. The maximum Gasteiger partial charge on any atom is 0.601 e. The zero-order valence-electron chi connectivity index (χ0n) is 7.74. The zero-order valence-corrected chi connectivity index (χ0v) is 11.3. The summed E-state index contributed by atoms with van der Waals surface area (Å²) >= 11 is 0. The van der Waals surface area contributed by atoms with Crippen LogP contribution in [0.2, 0.25) is 0 Å². The number of aromatic hydroxyl groups is 1. The molecule has 2 rings (SSSR count). The van der Waals surface area contributed by atoms with Gasteiger partial charge in [-0.3, -0.25) is 0 Å². The van der Waals surface area contributed by atoms with E-state index in [1.807, 2.05) is 0 Å². The predicted molar refractivity (Wildman–Crippen MR) is 66.1 cm³/mol. The number of nitrogens with zero attached hydrogens (tertiary/aromatic N) is 4. The molecule has 1 heterocycles. The fourth-order valence-electron chi connectivity index (χ4n) is 0.835. The van der Waals surface area contributed by atoms with Gasteiger partial charge in [0.05, 0.1) is 0 Å². The fourth-order valence-corrected chi connectivity index (χ4v) is 4.15. The Kier molecular flexibility index (Phi) is 4.44. The zero-order chi connectivity index (χ0) is 11.2. The van der Waals surface area contributed by atoms with Gasteiger partial charge in [-0.25, -0.2) is 4.52 Å². The van der Waals surface area contributed by atoms with Crippen molar-refractivity contribution in [2.75, 3.05) is 0 Å². The first-order chi connectivity index (χ1) is 7.86. The van der Waals surface area contributed by atoms with Crippen LogP contribution in [0.5, 0.6) is 11.5 Å². The highest BCUT2D eigenvalue weighted by atomic mass is 31.2. The molecular formula is C6H5N4O2P4+. The summed E-state index contributed by atoms with van der Waals surface area (Å²) < 4.78 is 21.6. The molecule has 1 aliphatic heterocycles. The van der Waals surface area contributed by atoms with Gasteiger partial charge in [-0.15, -0.1) is 0 Å². The van der Waals surface area contributed by atoms with E-state index >= 15 is 0 Å². The van der Waals surface area contributed by atoms with Gasteiger partial charge in [-0.2, -0.15) is 9.03 Å². The lowest BCUT2D eigenvalue weighted by Gasteiger charge is -1.95. The first-order valence-corrected chi connectivity index (χ1v) is 7.60. The minimum atomic E-state index is -1.33. The highest BCUT2D eigenvalue weighted by molar-refractivity contribution is 7.55. The van der Waals surface area contributed by atoms with Gasteiger partial charge in [0, 0.05) is 9.03 Å². The average Bonchev–Trinajstić information content (AvgIpc) is 2.24. The predicted octanol–water partition coefficient (Wildman–Crippen LogP) is 5.41. The summed E-state index contributed by atoms with van der Waals surface area (Å²) in [5.41, 5.74) is 0. The minimum Gasteiger partial charge on any atom is -0.504 e. The third-order valence-electron chi connectivity index (χ3n) is 1.44. The molecule has 1 aromatic carbocycles. The van der Waals surface area contributed by atoms with Crippen LogP contribution in [0.1, 0.15) is 0 Å². The highest BCUT2D eigenvalue weighted by Crippen LogP contribution is 2.42. The van der Waals surface area contributed by atoms with Crippen molar-refractivity contribution in [2.45, 2.75) is 0 Å². The standard InChI is InChI=1S/C6H4N4O2P4/c11-5-3-1-2-4-6(5)12-16-9-14-7-13-8-15-10-16/h1-4H/p+1. The second-order valence-electron chi connectivity index (χ2n) is 2.44. The van der Waals surface area contributed by atoms with Gasteiger partial charge in [0.15, 0.2) is 14.3 Å². The van der Waals surface area contributed by atoms with Crippen LogP contribution in [0.3, 0.4) is 0 Å². The molecule has 6 nitrogen and oxygen atoms in total. The van der Waals surface area contributed by atoms with Gasteiger partial charge in [0.2, 0.25) is 22.8 Å². The average molecular weight is 289 g/mol. The van der Waals surface area contributed by atoms with Crippen LogP contribution in [0.15, 0.2) is 42.3 Å². The summed E-state index contributed by atoms with van der Waals surface area (Å²) in [4.78, 5) is 0. The maximum atomic E-state index is 9.52. The van der Waals surface area contributed by atoms with E-state index in [0.717, 1.165) is 0 Å². The van der Waals surface area contributed by atoms with Crippen molar-refractivity contribution >= 4 is 33.7 Å². The third-order valence-corrected chi connectivity index (χ3v) is 4.94. The van der Waals surface area contributed by atoms with Crippen LogP contribution < -0.4 is 4.52 Å². The van der Waals surface area contributed by atoms with Crippen molar-refractivity contribution in [3.05, 3.63) is 24.3 Å². The molecule has 0 saturated heterocycles. The van der Waals surface area contributed by atoms with E-state index in [2.05, 4.69) is 18.1 Å². The van der Waals surface area contributed by atoms with Crippen LogP contribution in [-0.2, 0) is 0 Å². The minimum absolute atomic E-state index is 0.0813. The number of rotatable bonds is 2. The SMILES string of the molecule is Oc1ccccc1O[P+]1=NP=NP=NP=N1. The number of hydrogen-bond donors (Lipinski definition) is 1. The van der Waals surface area contributed by atoms with E-state index in [0.29, 0.717) is 31.3 Å². The third kappa shape index (κ3) is 3.37. The van der Waals surface area contributed by atoms with Gasteiger partial charge >= 0.3 is 8.09 Å². The van der Waals surface area contributed by atoms with Gasteiger partial charge in [-0.05, 0) is 12.1 Å². The van der Waals surface area contributed by atoms with E-state index in [1.165, 1.54) is 0 Å². The Hall–Kier alpha value is -0.780. The Morgan fingerprint density at radius 2 is 1.94 bits per heavy atom. The molecule has 0 saturated carbocycles. The van der Waals surface area contributed by atoms with E-state index in [9.17, 15) is 5.11 Å². The molecule has 0 spiro atoms. The van der Waals surface area contributed by atoms with Crippen LogP contribution >= 0.6 is 33.7 Å². The van der Waals surface area contributed by atoms with Crippen LogP contribution in [0, 0.1) is 0 Å². The van der Waals surface area contributed by atoms with Crippen LogP contribution in [0.4, 0.5) is 0 Å². The number of hydrogen-bond acceptors (Lipinski definition) is 6. The van der Waals surface area contributed by atoms with E-state index < -0.39 is 8.09 Å². The molecular weight excluding hydrogens is 284 g/mol. The largest absolute Gasteiger partial charge is 0.601 e. The molecule has 0 aliphatic carbocycles. The maximum absolute atomic E-state index is 9.52. The first kappa shape index (κ1) is 11.7. The Balaban J connectivity index is 2.19. The fraction of sp³-hybridized carbons (Fsp3) is 0. The quantitative estimate of drug-likeness (QED) is 0.738. The molecule has 1 aromatic rings. The van der Waals surface area contributed by atoms with Crippen LogP contribution in [-0.4, -0.2) is 5.11 Å². The Morgan fingerprint density at radius 1 is 1.12 bits per heavy atom. The molecule has 10 heteroatoms. The van der Waals surface area contributed by atoms with Gasteiger partial charge in [0.1, 0.15) is 0 Å². The monoisotopic (exact) mass is 289 g/mol. The van der Waals surface area contributed by atoms with Crippen molar-refractivity contribution < 1.29 is 9.63 Å². The Bertz CT molecular complexity index is 501. The van der Waals surface area contributed by atoms with E-state index in [1.54, 1.807) is 24.3 Å². The summed E-state index contributed by atoms with van der Waals surface area (Å²) in [6, 6.07) is 6.72. The van der Waals surface area contributed by atoms with Crippen molar-refractivity contribution in [2.24, 2.45) is 18.1 Å². The Labute approximate surface area is 97.5 Å². The van der Waals surface area contributed by atoms with E-state index in [4.69, 9.17) is 4.52 Å². The van der Waals surface area contributed by atoms with Crippen molar-refractivity contribution in [1.29, 1.82) is 0 Å². The van der Waals surface area contributed by atoms with Crippen molar-refractivity contribution in [3.63, 3.8) is 0 Å². The molecule has 1 aliphatic rings. The van der Waals surface area contributed by atoms with Crippen molar-refractivity contribution in [1.82, 2.24) is 0 Å². The lowest BCUT2D eigenvalue weighted by Crippen LogP contribution is -1.78. The highest BCUT2D eigenvalue weighted by Gasteiger charge is 2.19. The molecule has 0 radical (unpaired) electrons. The van der Waals surface area contributed by atoms with Gasteiger partial charge in [-0.1, -0.05) is 12.1 Å². The molecule has 80 valence electrons. The molecule has 16 heavy (non-hydrogen) atoms. The molecule has 0 bridgehead atoms. The molecule has 0 aromatic heterocycles. The normalized spacial score (nSPS) is 19.4. The lowest BCUT2D eigenvalue weighted by molar-refractivity contribution is 0.448. The summed E-state index contributed by atoms with van der Waals surface area (Å²) in [6.45, 7) is 0. The number of phenols is 1. The number of benzene rings is 1. The smallest absolute Gasteiger partial charge is 0.504 e. The lowest BCUT2D eigenvalue weighted by atomic mass is 10.3. The second kappa shape index (κ2) is 6.08. The van der Waals surface area contributed by atoms with Gasteiger partial charge < -0.3 is 5.11 Å². The summed E-state index contributed by atoms with van der Waals surface area (Å²) in [6.07, 6.45) is 0. The van der Waals surface area contributed by atoms with Crippen LogP contribution in [0.25, 0.3) is 0 Å². The number of phenolic OH excluding ortho intramolecular Hbond substituents is 1. The summed E-state index contributed by atoms with van der Waals surface area (Å²) in [5, 5.41) is 9.52. The topological polar surface area (TPSA) is 78.9 Å². The second-order valence-corrected chi connectivity index (χ2v) is 6.52.